The van der Waals surface area contributed by atoms with E-state index in [1.807, 2.05) is 26.8 Å². The van der Waals surface area contributed by atoms with Crippen molar-refractivity contribution in [3.63, 3.8) is 0 Å². The number of nitrogens with one attached hydrogen (secondary N) is 1. The van der Waals surface area contributed by atoms with Crippen LogP contribution < -0.4 is 10.5 Å². The molecule has 112 valence electrons. The van der Waals surface area contributed by atoms with E-state index >= 15 is 0 Å². The molecule has 1 aliphatic rings. The molecule has 5 nitrogen and oxygen atoms in total. The third-order valence-corrected chi connectivity index (χ3v) is 5.26. The van der Waals surface area contributed by atoms with Crippen molar-refractivity contribution < 1.29 is 13.5 Å². The lowest BCUT2D eigenvalue weighted by Gasteiger charge is -2.50. The predicted octanol–water partition coefficient (Wildman–Crippen LogP) is 1.14. The molecule has 1 aliphatic carbocycles. The van der Waals surface area contributed by atoms with E-state index in [0.717, 1.165) is 5.56 Å². The number of aliphatic hydroxyl groups excluding tert-OH is 1. The second-order valence-electron chi connectivity index (χ2n) is 6.13. The number of benzene rings is 1. The van der Waals surface area contributed by atoms with Gasteiger partial charge in [0.15, 0.2) is 0 Å². The fourth-order valence-electron chi connectivity index (χ4n) is 2.54. The summed E-state index contributed by atoms with van der Waals surface area (Å²) in [6.07, 6.45) is 0.426. The van der Waals surface area contributed by atoms with E-state index in [1.54, 1.807) is 12.1 Å². The predicted molar refractivity (Wildman–Crippen MR) is 77.6 cm³/mol. The maximum Gasteiger partial charge on any atom is 0.238 e. The van der Waals surface area contributed by atoms with E-state index in [1.165, 1.54) is 6.07 Å². The van der Waals surface area contributed by atoms with Crippen molar-refractivity contribution in [3.8, 4) is 0 Å². The van der Waals surface area contributed by atoms with Gasteiger partial charge >= 0.3 is 0 Å². The van der Waals surface area contributed by atoms with Gasteiger partial charge in [-0.05, 0) is 31.0 Å². The van der Waals surface area contributed by atoms with Crippen LogP contribution in [0, 0.1) is 5.41 Å². The molecule has 0 aliphatic heterocycles. The highest BCUT2D eigenvalue weighted by atomic mass is 32.2. The zero-order valence-electron chi connectivity index (χ0n) is 12.0. The summed E-state index contributed by atoms with van der Waals surface area (Å²) in [6.45, 7) is 6.02. The topological polar surface area (TPSA) is 92.4 Å². The molecule has 0 aromatic heterocycles. The molecule has 20 heavy (non-hydrogen) atoms. The molecule has 4 N–H and O–H groups in total. The van der Waals surface area contributed by atoms with Gasteiger partial charge in [-0.15, -0.1) is 0 Å². The van der Waals surface area contributed by atoms with Gasteiger partial charge in [0.1, 0.15) is 0 Å². The van der Waals surface area contributed by atoms with Gasteiger partial charge in [0.2, 0.25) is 10.0 Å². The van der Waals surface area contributed by atoms with E-state index in [0.29, 0.717) is 6.42 Å². The first-order valence-corrected chi connectivity index (χ1v) is 8.24. The molecule has 1 aromatic rings. The minimum Gasteiger partial charge on any atom is -0.392 e. The normalized spacial score (nSPS) is 26.9. The summed E-state index contributed by atoms with van der Waals surface area (Å²) >= 11 is 0. The van der Waals surface area contributed by atoms with Crippen molar-refractivity contribution >= 4 is 10.0 Å². The number of hydrogen-bond acceptors (Lipinski definition) is 4. The third-order valence-electron chi connectivity index (χ3n) is 4.35. The van der Waals surface area contributed by atoms with Crippen LogP contribution >= 0.6 is 0 Å². The monoisotopic (exact) mass is 298 g/mol. The number of hydrogen-bond donors (Lipinski definition) is 3. The van der Waals surface area contributed by atoms with Crippen molar-refractivity contribution in [2.24, 2.45) is 10.6 Å². The van der Waals surface area contributed by atoms with Crippen LogP contribution in [0.5, 0.6) is 0 Å². The summed E-state index contributed by atoms with van der Waals surface area (Å²) in [7, 11) is -3.68. The van der Waals surface area contributed by atoms with Gasteiger partial charge in [-0.25, -0.2) is 13.6 Å². The van der Waals surface area contributed by atoms with Crippen LogP contribution in [0.25, 0.3) is 0 Å². The number of nitrogens with two attached hydrogens (primary N) is 1. The maximum absolute atomic E-state index is 11.4. The van der Waals surface area contributed by atoms with Gasteiger partial charge in [0.25, 0.3) is 0 Å². The lowest BCUT2D eigenvalue weighted by molar-refractivity contribution is -0.0754. The van der Waals surface area contributed by atoms with Gasteiger partial charge < -0.3 is 10.4 Å². The minimum atomic E-state index is -3.68. The number of sulfonamides is 1. The molecule has 0 amide bonds. The highest BCUT2D eigenvalue weighted by Crippen LogP contribution is 2.41. The first-order valence-electron chi connectivity index (χ1n) is 6.69. The zero-order valence-corrected chi connectivity index (χ0v) is 12.8. The lowest BCUT2D eigenvalue weighted by Crippen LogP contribution is -2.60. The fourth-order valence-corrected chi connectivity index (χ4v) is 3.11. The summed E-state index contributed by atoms with van der Waals surface area (Å²) in [5.74, 6) is 0. The molecule has 0 bridgehead atoms. The molecule has 6 heteroatoms. The van der Waals surface area contributed by atoms with Gasteiger partial charge in [-0.2, -0.15) is 0 Å². The Labute approximate surface area is 120 Å². The number of rotatable bonds is 4. The van der Waals surface area contributed by atoms with Crippen LogP contribution in [0.15, 0.2) is 29.2 Å². The van der Waals surface area contributed by atoms with E-state index in [4.69, 9.17) is 5.14 Å². The van der Waals surface area contributed by atoms with Gasteiger partial charge in [0, 0.05) is 17.5 Å². The molecule has 1 saturated carbocycles. The quantitative estimate of drug-likeness (QED) is 0.777. The molecule has 0 heterocycles. The van der Waals surface area contributed by atoms with Crippen LogP contribution in [-0.2, 0) is 10.0 Å². The first-order chi connectivity index (χ1) is 9.12. The maximum atomic E-state index is 11.4. The molecule has 3 atom stereocenters. The van der Waals surface area contributed by atoms with Crippen LogP contribution in [0.1, 0.15) is 38.8 Å². The summed E-state index contributed by atoms with van der Waals surface area (Å²) in [5.41, 5.74) is 0.708. The molecule has 0 radical (unpaired) electrons. The van der Waals surface area contributed by atoms with Crippen LogP contribution in [-0.4, -0.2) is 25.7 Å². The minimum absolute atomic E-state index is 0.00604. The fraction of sp³-hybridized carbons (Fsp3) is 0.571. The Kier molecular flexibility index (Phi) is 3.94. The van der Waals surface area contributed by atoms with Crippen molar-refractivity contribution in [1.82, 2.24) is 5.32 Å². The molecular formula is C14H22N2O3S. The van der Waals surface area contributed by atoms with Crippen LogP contribution in [0.3, 0.4) is 0 Å². The molecule has 1 fully saturated rings. The first kappa shape index (κ1) is 15.4. The average molecular weight is 298 g/mol. The molecule has 1 aromatic carbocycles. The van der Waals surface area contributed by atoms with Crippen molar-refractivity contribution in [2.45, 2.75) is 50.3 Å². The van der Waals surface area contributed by atoms with Gasteiger partial charge in [-0.3, -0.25) is 0 Å². The largest absolute Gasteiger partial charge is 0.392 e. The Hall–Kier alpha value is -0.950. The summed E-state index contributed by atoms with van der Waals surface area (Å²) in [4.78, 5) is 0.122. The molecule has 3 unspecified atom stereocenters. The average Bonchev–Trinajstić information content (AvgIpc) is 2.37. The Morgan fingerprint density at radius 2 is 2.10 bits per heavy atom. The highest BCUT2D eigenvalue weighted by molar-refractivity contribution is 7.89. The molecule has 0 spiro atoms. The van der Waals surface area contributed by atoms with E-state index in [9.17, 15) is 13.5 Å². The Bertz CT molecular complexity index is 598. The second-order valence-corrected chi connectivity index (χ2v) is 7.69. The number of primary sulfonamides is 1. The van der Waals surface area contributed by atoms with Crippen molar-refractivity contribution in [2.75, 3.05) is 0 Å². The smallest absolute Gasteiger partial charge is 0.238 e. The van der Waals surface area contributed by atoms with Gasteiger partial charge in [-0.1, -0.05) is 26.0 Å². The summed E-state index contributed by atoms with van der Waals surface area (Å²) in [5, 5.41) is 18.3. The summed E-state index contributed by atoms with van der Waals surface area (Å²) in [6, 6.07) is 6.85. The molecule has 0 saturated heterocycles. The second kappa shape index (κ2) is 5.11. The summed E-state index contributed by atoms with van der Waals surface area (Å²) < 4.78 is 22.7. The zero-order chi connectivity index (χ0) is 15.1. The Morgan fingerprint density at radius 1 is 1.45 bits per heavy atom. The number of aliphatic hydroxyl groups is 1. The highest BCUT2D eigenvalue weighted by Gasteiger charge is 2.47. The van der Waals surface area contributed by atoms with E-state index < -0.39 is 10.0 Å². The van der Waals surface area contributed by atoms with Crippen molar-refractivity contribution in [1.29, 1.82) is 0 Å². The Morgan fingerprint density at radius 3 is 2.60 bits per heavy atom. The SMILES string of the molecule is CC(NC1CC(O)C1(C)C)c1cccc(S(N)(=O)=O)c1. The van der Waals surface area contributed by atoms with Crippen LogP contribution in [0.2, 0.25) is 0 Å². The molecule has 2 rings (SSSR count). The van der Waals surface area contributed by atoms with E-state index in [2.05, 4.69) is 5.32 Å². The van der Waals surface area contributed by atoms with E-state index in [-0.39, 0.29) is 28.5 Å². The standard InChI is InChI=1S/C14H22N2O3S/c1-9(16-12-8-13(17)14(12,2)3)10-5-4-6-11(7-10)20(15,18)19/h4-7,9,12-13,16-17H,8H2,1-3H3,(H2,15,18,19). The molecular weight excluding hydrogens is 276 g/mol. The van der Waals surface area contributed by atoms with Crippen LogP contribution in [0.4, 0.5) is 0 Å². The Balaban J connectivity index is 2.13. The lowest BCUT2D eigenvalue weighted by atomic mass is 9.64. The van der Waals surface area contributed by atoms with Gasteiger partial charge in [0.05, 0.1) is 11.0 Å². The third kappa shape index (κ3) is 2.88. The van der Waals surface area contributed by atoms with Crippen molar-refractivity contribution in [3.05, 3.63) is 29.8 Å².